The number of aliphatic hydroxyl groups is 1. The van der Waals surface area contributed by atoms with Crippen molar-refractivity contribution in [2.45, 2.75) is 18.9 Å². The highest BCUT2D eigenvalue weighted by Gasteiger charge is 2.33. The Balaban J connectivity index is 2.02. The standard InChI is InChI=1S/C12H15N3O2/c1-17-12-14-10-3-2-4-13-11(10)15(12)9-5-8(6-9)7-16/h2-4,8-9,16H,5-7H2,1H3. The van der Waals surface area contributed by atoms with Crippen molar-refractivity contribution in [1.29, 1.82) is 0 Å². The first-order valence-electron chi connectivity index (χ1n) is 5.81. The summed E-state index contributed by atoms with van der Waals surface area (Å²) in [7, 11) is 1.62. The summed E-state index contributed by atoms with van der Waals surface area (Å²) in [5, 5.41) is 9.07. The van der Waals surface area contributed by atoms with Crippen LogP contribution in [0, 0.1) is 5.92 Å². The monoisotopic (exact) mass is 233 g/mol. The van der Waals surface area contributed by atoms with E-state index in [-0.39, 0.29) is 6.61 Å². The number of ether oxygens (including phenoxy) is 1. The largest absolute Gasteiger partial charge is 0.468 e. The number of imidazole rings is 1. The van der Waals surface area contributed by atoms with E-state index in [1.165, 1.54) is 0 Å². The smallest absolute Gasteiger partial charge is 0.298 e. The normalized spacial score (nSPS) is 23.6. The van der Waals surface area contributed by atoms with Gasteiger partial charge in [-0.05, 0) is 30.9 Å². The molecule has 2 heterocycles. The van der Waals surface area contributed by atoms with Crippen molar-refractivity contribution >= 4 is 11.2 Å². The average molecular weight is 233 g/mol. The summed E-state index contributed by atoms with van der Waals surface area (Å²) in [4.78, 5) is 8.76. The maximum Gasteiger partial charge on any atom is 0.298 e. The summed E-state index contributed by atoms with van der Waals surface area (Å²) in [6.07, 6.45) is 3.70. The van der Waals surface area contributed by atoms with Crippen LogP contribution in [0.2, 0.25) is 0 Å². The molecular weight excluding hydrogens is 218 g/mol. The maximum atomic E-state index is 9.07. The predicted molar refractivity (Wildman–Crippen MR) is 62.9 cm³/mol. The van der Waals surface area contributed by atoms with Gasteiger partial charge in [0.2, 0.25) is 0 Å². The van der Waals surface area contributed by atoms with E-state index >= 15 is 0 Å². The molecule has 1 fully saturated rings. The van der Waals surface area contributed by atoms with Crippen LogP contribution in [0.25, 0.3) is 11.2 Å². The van der Waals surface area contributed by atoms with E-state index in [1.807, 2.05) is 16.7 Å². The molecule has 0 saturated heterocycles. The van der Waals surface area contributed by atoms with Crippen molar-refractivity contribution in [1.82, 2.24) is 14.5 Å². The van der Waals surface area contributed by atoms with Gasteiger partial charge in [-0.1, -0.05) is 0 Å². The summed E-state index contributed by atoms with van der Waals surface area (Å²) in [5.41, 5.74) is 1.72. The SMILES string of the molecule is COc1nc2cccnc2n1C1CC(CO)C1. The van der Waals surface area contributed by atoms with Gasteiger partial charge in [-0.2, -0.15) is 4.98 Å². The molecule has 1 aliphatic carbocycles. The van der Waals surface area contributed by atoms with Crippen LogP contribution >= 0.6 is 0 Å². The van der Waals surface area contributed by atoms with Gasteiger partial charge in [0.1, 0.15) is 5.52 Å². The van der Waals surface area contributed by atoms with Gasteiger partial charge in [0.05, 0.1) is 7.11 Å². The molecule has 5 heteroatoms. The molecule has 2 aromatic rings. The third-order valence-electron chi connectivity index (χ3n) is 3.43. The van der Waals surface area contributed by atoms with Gasteiger partial charge in [-0.3, -0.25) is 4.57 Å². The minimum absolute atomic E-state index is 0.263. The van der Waals surface area contributed by atoms with E-state index in [2.05, 4.69) is 9.97 Å². The molecule has 5 nitrogen and oxygen atoms in total. The molecule has 1 aliphatic rings. The van der Waals surface area contributed by atoms with Crippen molar-refractivity contribution in [3.05, 3.63) is 18.3 Å². The van der Waals surface area contributed by atoms with Crippen molar-refractivity contribution in [3.8, 4) is 6.01 Å². The summed E-state index contributed by atoms with van der Waals surface area (Å²) in [6, 6.07) is 4.77. The lowest BCUT2D eigenvalue weighted by Gasteiger charge is -2.35. The first kappa shape index (κ1) is 10.5. The van der Waals surface area contributed by atoms with E-state index < -0.39 is 0 Å². The topological polar surface area (TPSA) is 60.2 Å². The molecule has 1 saturated carbocycles. The lowest BCUT2D eigenvalue weighted by molar-refractivity contribution is 0.108. The molecule has 0 unspecified atom stereocenters. The number of aromatic nitrogens is 3. The van der Waals surface area contributed by atoms with E-state index in [4.69, 9.17) is 9.84 Å². The number of rotatable bonds is 3. The highest BCUT2D eigenvalue weighted by Crippen LogP contribution is 2.41. The van der Waals surface area contributed by atoms with E-state index in [1.54, 1.807) is 13.3 Å². The van der Waals surface area contributed by atoms with Crippen LogP contribution in [-0.2, 0) is 0 Å². The minimum atomic E-state index is 0.263. The molecule has 2 aromatic heterocycles. The van der Waals surface area contributed by atoms with Gasteiger partial charge in [0.25, 0.3) is 6.01 Å². The molecule has 1 N–H and O–H groups in total. The van der Waals surface area contributed by atoms with E-state index in [9.17, 15) is 0 Å². The van der Waals surface area contributed by atoms with E-state index in [0.29, 0.717) is 18.0 Å². The molecule has 3 rings (SSSR count). The Morgan fingerprint density at radius 2 is 2.35 bits per heavy atom. The van der Waals surface area contributed by atoms with Crippen molar-refractivity contribution < 1.29 is 9.84 Å². The lowest BCUT2D eigenvalue weighted by atomic mass is 9.81. The third-order valence-corrected chi connectivity index (χ3v) is 3.43. The highest BCUT2D eigenvalue weighted by molar-refractivity contribution is 5.72. The van der Waals surface area contributed by atoms with Gasteiger partial charge >= 0.3 is 0 Å². The summed E-state index contributed by atoms with van der Waals surface area (Å²) < 4.78 is 7.35. The Bertz CT molecular complexity index is 532. The fraction of sp³-hybridized carbons (Fsp3) is 0.500. The molecule has 90 valence electrons. The molecule has 0 amide bonds. The van der Waals surface area contributed by atoms with Crippen LogP contribution in [0.15, 0.2) is 18.3 Å². The lowest BCUT2D eigenvalue weighted by Crippen LogP contribution is -2.29. The van der Waals surface area contributed by atoms with Gasteiger partial charge in [0, 0.05) is 18.8 Å². The van der Waals surface area contributed by atoms with Gasteiger partial charge in [-0.25, -0.2) is 4.98 Å². The van der Waals surface area contributed by atoms with Crippen LogP contribution in [0.3, 0.4) is 0 Å². The number of methoxy groups -OCH3 is 1. The predicted octanol–water partition coefficient (Wildman–Crippen LogP) is 1.38. The Kier molecular flexibility index (Phi) is 2.48. The number of hydrogen-bond acceptors (Lipinski definition) is 4. The zero-order valence-electron chi connectivity index (χ0n) is 9.71. The Morgan fingerprint density at radius 1 is 1.53 bits per heavy atom. The quantitative estimate of drug-likeness (QED) is 0.870. The van der Waals surface area contributed by atoms with Crippen molar-refractivity contribution in [2.75, 3.05) is 13.7 Å². The maximum absolute atomic E-state index is 9.07. The fourth-order valence-electron chi connectivity index (χ4n) is 2.44. The number of pyridine rings is 1. The van der Waals surface area contributed by atoms with Crippen molar-refractivity contribution in [3.63, 3.8) is 0 Å². The first-order valence-corrected chi connectivity index (χ1v) is 5.81. The second-order valence-corrected chi connectivity index (χ2v) is 4.49. The van der Waals surface area contributed by atoms with Crippen molar-refractivity contribution in [2.24, 2.45) is 5.92 Å². The molecule has 0 radical (unpaired) electrons. The average Bonchev–Trinajstić information content (AvgIpc) is 2.67. The van der Waals surface area contributed by atoms with E-state index in [0.717, 1.165) is 24.0 Å². The molecule has 0 spiro atoms. The molecule has 0 atom stereocenters. The summed E-state index contributed by atoms with van der Waals surface area (Å²) in [5.74, 6) is 0.408. The number of fused-ring (bicyclic) bond motifs is 1. The van der Waals surface area contributed by atoms with Crippen LogP contribution in [0.4, 0.5) is 0 Å². The highest BCUT2D eigenvalue weighted by atomic mass is 16.5. The number of nitrogens with zero attached hydrogens (tertiary/aromatic N) is 3. The molecule has 0 aromatic carbocycles. The van der Waals surface area contributed by atoms with Gasteiger partial charge in [0.15, 0.2) is 5.65 Å². The molecule has 0 aliphatic heterocycles. The second-order valence-electron chi connectivity index (χ2n) is 4.49. The minimum Gasteiger partial charge on any atom is -0.468 e. The molecule has 17 heavy (non-hydrogen) atoms. The second kappa shape index (κ2) is 4.00. The Morgan fingerprint density at radius 3 is 3.06 bits per heavy atom. The van der Waals surface area contributed by atoms with Crippen LogP contribution in [0.1, 0.15) is 18.9 Å². The fourth-order valence-corrected chi connectivity index (χ4v) is 2.44. The van der Waals surface area contributed by atoms with Gasteiger partial charge in [-0.15, -0.1) is 0 Å². The first-order chi connectivity index (χ1) is 8.33. The van der Waals surface area contributed by atoms with Crippen LogP contribution in [-0.4, -0.2) is 33.4 Å². The van der Waals surface area contributed by atoms with Crippen LogP contribution in [0.5, 0.6) is 6.01 Å². The third kappa shape index (κ3) is 1.58. The van der Waals surface area contributed by atoms with Gasteiger partial charge < -0.3 is 9.84 Å². The number of hydrogen-bond donors (Lipinski definition) is 1. The Labute approximate surface area is 99.1 Å². The Hall–Kier alpha value is -1.62. The number of aliphatic hydroxyl groups excluding tert-OH is 1. The zero-order valence-corrected chi connectivity index (χ0v) is 9.71. The summed E-state index contributed by atoms with van der Waals surface area (Å²) in [6.45, 7) is 0.263. The van der Waals surface area contributed by atoms with Crippen LogP contribution < -0.4 is 4.74 Å². The zero-order chi connectivity index (χ0) is 11.8. The molecule has 0 bridgehead atoms. The summed E-state index contributed by atoms with van der Waals surface area (Å²) >= 11 is 0. The molecular formula is C12H15N3O2.